The Hall–Kier alpha value is -2.69. The molecule has 0 bridgehead atoms. The average molecular weight is 364 g/mol. The number of carboxylic acids is 1. The van der Waals surface area contributed by atoms with Crippen LogP contribution in [0.25, 0.3) is 10.2 Å². The highest BCUT2D eigenvalue weighted by Gasteiger charge is 2.38. The smallest absolute Gasteiger partial charge is 0.475 e. The van der Waals surface area contributed by atoms with Gasteiger partial charge in [-0.1, -0.05) is 0 Å². The predicted octanol–water partition coefficient (Wildman–Crippen LogP) is 2.21. The highest BCUT2D eigenvalue weighted by atomic mass is 32.1. The summed E-state index contributed by atoms with van der Waals surface area (Å²) in [4.78, 5) is 35.4. The number of carbonyl (C=O) groups excluding carboxylic acids is 2. The Morgan fingerprint density at radius 3 is 2.38 bits per heavy atom. The maximum atomic E-state index is 11.5. The molecule has 1 aromatic heterocycles. The maximum Gasteiger partial charge on any atom is 0.490 e. The average Bonchev–Trinajstić information content (AvgIpc) is 2.90. The van der Waals surface area contributed by atoms with E-state index in [1.54, 1.807) is 25.1 Å². The van der Waals surface area contributed by atoms with Gasteiger partial charge in [0.1, 0.15) is 0 Å². The summed E-state index contributed by atoms with van der Waals surface area (Å²) in [6.07, 6.45) is -5.08. The minimum Gasteiger partial charge on any atom is -0.475 e. The number of nitrogens with two attached hydrogens (primary N) is 1. The molecule has 130 valence electrons. The van der Waals surface area contributed by atoms with Crippen LogP contribution >= 0.6 is 11.3 Å². The van der Waals surface area contributed by atoms with Crippen molar-refractivity contribution in [1.29, 1.82) is 0 Å². The third-order valence-corrected chi connectivity index (χ3v) is 3.39. The number of primary amides is 1. The molecule has 2 aromatic rings. The van der Waals surface area contributed by atoms with E-state index in [2.05, 4.69) is 4.98 Å². The predicted molar refractivity (Wildman–Crippen MR) is 77.8 cm³/mol. The number of esters is 1. The molecule has 0 aliphatic rings. The lowest BCUT2D eigenvalue weighted by atomic mass is 10.2. The Kier molecular flexibility index (Phi) is 6.23. The van der Waals surface area contributed by atoms with Gasteiger partial charge in [-0.05, 0) is 25.1 Å². The van der Waals surface area contributed by atoms with Crippen molar-refractivity contribution in [2.24, 2.45) is 5.73 Å². The van der Waals surface area contributed by atoms with Crippen molar-refractivity contribution in [2.75, 3.05) is 6.61 Å². The molecule has 0 aliphatic carbocycles. The Labute approximate surface area is 136 Å². The van der Waals surface area contributed by atoms with Crippen LogP contribution in [0.1, 0.15) is 27.1 Å². The third kappa shape index (κ3) is 5.19. The van der Waals surface area contributed by atoms with E-state index < -0.39 is 18.1 Å². The van der Waals surface area contributed by atoms with Gasteiger partial charge >= 0.3 is 18.1 Å². The van der Waals surface area contributed by atoms with E-state index in [1.165, 1.54) is 0 Å². The van der Waals surface area contributed by atoms with Gasteiger partial charge in [-0.25, -0.2) is 14.6 Å². The monoisotopic (exact) mass is 364 g/mol. The molecule has 0 saturated carbocycles. The zero-order valence-corrected chi connectivity index (χ0v) is 12.9. The van der Waals surface area contributed by atoms with Crippen LogP contribution < -0.4 is 5.73 Å². The number of aliphatic carboxylic acids is 1. The summed E-state index contributed by atoms with van der Waals surface area (Å²) in [7, 11) is 0. The highest BCUT2D eigenvalue weighted by Crippen LogP contribution is 2.23. The van der Waals surface area contributed by atoms with Crippen LogP contribution in [0.5, 0.6) is 0 Å². The SMILES string of the molecule is CCOC(=O)c1ccc2nc(C(N)=O)sc2c1.O=C(O)C(F)(F)F. The number of hydrogen-bond donors (Lipinski definition) is 2. The van der Waals surface area contributed by atoms with Crippen molar-refractivity contribution in [3.05, 3.63) is 28.8 Å². The molecule has 0 aliphatic heterocycles. The van der Waals surface area contributed by atoms with Crippen LogP contribution in [-0.2, 0) is 9.53 Å². The number of amides is 1. The zero-order chi connectivity index (χ0) is 18.5. The molecule has 1 aromatic carbocycles. The summed E-state index contributed by atoms with van der Waals surface area (Å²) in [6.45, 7) is 2.07. The van der Waals surface area contributed by atoms with Crippen molar-refractivity contribution >= 4 is 39.4 Å². The Morgan fingerprint density at radius 2 is 1.92 bits per heavy atom. The van der Waals surface area contributed by atoms with E-state index >= 15 is 0 Å². The van der Waals surface area contributed by atoms with E-state index in [-0.39, 0.29) is 11.0 Å². The molecule has 1 heterocycles. The zero-order valence-electron chi connectivity index (χ0n) is 12.1. The molecule has 0 atom stereocenters. The number of aromatic nitrogens is 1. The first-order valence-electron chi connectivity index (χ1n) is 6.24. The van der Waals surface area contributed by atoms with Crippen molar-refractivity contribution in [1.82, 2.24) is 4.98 Å². The van der Waals surface area contributed by atoms with E-state index in [0.29, 0.717) is 17.7 Å². The van der Waals surface area contributed by atoms with Crippen LogP contribution in [-0.4, -0.2) is 40.7 Å². The summed E-state index contributed by atoms with van der Waals surface area (Å²) >= 11 is 1.16. The second kappa shape index (κ2) is 7.73. The Morgan fingerprint density at radius 1 is 1.33 bits per heavy atom. The van der Waals surface area contributed by atoms with Crippen LogP contribution in [0.4, 0.5) is 13.2 Å². The normalized spacial score (nSPS) is 10.7. The summed E-state index contributed by atoms with van der Waals surface area (Å²) in [6, 6.07) is 4.94. The van der Waals surface area contributed by atoms with Gasteiger partial charge in [0.15, 0.2) is 5.01 Å². The molecule has 2 rings (SSSR count). The number of benzene rings is 1. The molecule has 0 saturated heterocycles. The number of halogens is 3. The maximum absolute atomic E-state index is 11.5. The van der Waals surface area contributed by atoms with Crippen molar-refractivity contribution < 1.29 is 37.4 Å². The number of ether oxygens (including phenoxy) is 1. The number of hydrogen-bond acceptors (Lipinski definition) is 6. The van der Waals surface area contributed by atoms with E-state index in [9.17, 15) is 22.8 Å². The number of thiazole rings is 1. The summed E-state index contributed by atoms with van der Waals surface area (Å²) < 4.78 is 37.4. The molecule has 0 unspecified atom stereocenters. The fraction of sp³-hybridized carbons (Fsp3) is 0.231. The lowest BCUT2D eigenvalue weighted by molar-refractivity contribution is -0.192. The van der Waals surface area contributed by atoms with Crippen molar-refractivity contribution in [2.45, 2.75) is 13.1 Å². The summed E-state index contributed by atoms with van der Waals surface area (Å²) in [5.74, 6) is -3.71. The van der Waals surface area contributed by atoms with E-state index in [4.69, 9.17) is 20.4 Å². The molecule has 24 heavy (non-hydrogen) atoms. The number of carbonyl (C=O) groups is 3. The van der Waals surface area contributed by atoms with Crippen molar-refractivity contribution in [3.63, 3.8) is 0 Å². The van der Waals surface area contributed by atoms with Gasteiger partial charge in [0.05, 0.1) is 22.4 Å². The molecule has 7 nitrogen and oxygen atoms in total. The van der Waals surface area contributed by atoms with Gasteiger partial charge in [-0.2, -0.15) is 13.2 Å². The van der Waals surface area contributed by atoms with Crippen LogP contribution in [0.3, 0.4) is 0 Å². The second-order valence-corrected chi connectivity index (χ2v) is 5.12. The van der Waals surface area contributed by atoms with Crippen molar-refractivity contribution in [3.8, 4) is 0 Å². The lowest BCUT2D eigenvalue weighted by Gasteiger charge is -2.00. The fourth-order valence-corrected chi connectivity index (χ4v) is 2.23. The standard InChI is InChI=1S/C11H10N2O3S.C2HF3O2/c1-2-16-11(15)6-3-4-7-8(5-6)17-10(13-7)9(12)14;3-2(4,5)1(6)7/h3-5H,2H2,1H3,(H2,12,14);(H,6,7). The fourth-order valence-electron chi connectivity index (χ4n) is 1.37. The topological polar surface area (TPSA) is 120 Å². The first kappa shape index (κ1) is 19.4. The highest BCUT2D eigenvalue weighted by molar-refractivity contribution is 7.20. The molecule has 3 N–H and O–H groups in total. The first-order valence-corrected chi connectivity index (χ1v) is 7.05. The molecule has 0 fully saturated rings. The third-order valence-electron chi connectivity index (χ3n) is 2.35. The lowest BCUT2D eigenvalue weighted by Crippen LogP contribution is -2.21. The van der Waals surface area contributed by atoms with E-state index in [0.717, 1.165) is 16.0 Å². The molecular formula is C13H11F3N2O5S. The molecule has 0 radical (unpaired) electrons. The summed E-state index contributed by atoms with van der Waals surface area (Å²) in [5, 5.41) is 7.36. The van der Waals surface area contributed by atoms with E-state index in [1.807, 2.05) is 0 Å². The van der Waals surface area contributed by atoms with Crippen LogP contribution in [0.2, 0.25) is 0 Å². The number of rotatable bonds is 3. The number of nitrogens with zero attached hydrogens (tertiary/aromatic N) is 1. The van der Waals surface area contributed by atoms with Gasteiger partial charge in [-0.15, -0.1) is 11.3 Å². The minimum atomic E-state index is -5.08. The Bertz CT molecular complexity index is 773. The van der Waals surface area contributed by atoms with Gasteiger partial charge in [0, 0.05) is 0 Å². The second-order valence-electron chi connectivity index (χ2n) is 4.09. The van der Waals surface area contributed by atoms with Gasteiger partial charge in [-0.3, -0.25) is 4.79 Å². The number of fused-ring (bicyclic) bond motifs is 1. The molecule has 11 heteroatoms. The molecular weight excluding hydrogens is 353 g/mol. The van der Waals surface area contributed by atoms with Gasteiger partial charge in [0.25, 0.3) is 5.91 Å². The molecule has 0 spiro atoms. The number of carboxylic acid groups (broad SMARTS) is 1. The minimum absolute atomic E-state index is 0.237. The van der Waals surface area contributed by atoms with Crippen LogP contribution in [0, 0.1) is 0 Å². The van der Waals surface area contributed by atoms with Gasteiger partial charge < -0.3 is 15.6 Å². The summed E-state index contributed by atoms with van der Waals surface area (Å²) in [5.41, 5.74) is 6.23. The first-order chi connectivity index (χ1) is 11.1. The Balaban J connectivity index is 0.000000351. The van der Waals surface area contributed by atoms with Crippen LogP contribution in [0.15, 0.2) is 18.2 Å². The quantitative estimate of drug-likeness (QED) is 0.806. The number of alkyl halides is 3. The van der Waals surface area contributed by atoms with Gasteiger partial charge in [0.2, 0.25) is 0 Å². The largest absolute Gasteiger partial charge is 0.490 e. The molecule has 1 amide bonds.